The van der Waals surface area contributed by atoms with Gasteiger partial charge in [-0.2, -0.15) is 0 Å². The molecule has 0 aromatic heterocycles. The first-order valence-electron chi connectivity index (χ1n) is 6.05. The van der Waals surface area contributed by atoms with E-state index in [0.29, 0.717) is 5.41 Å². The molecule has 1 N–H and O–H groups in total. The summed E-state index contributed by atoms with van der Waals surface area (Å²) >= 11 is 1.86. The number of rotatable bonds is 5. The van der Waals surface area contributed by atoms with E-state index < -0.39 is 0 Å². The molecule has 1 heterocycles. The summed E-state index contributed by atoms with van der Waals surface area (Å²) in [5.74, 6) is 1.18. The lowest BCUT2D eigenvalue weighted by Crippen LogP contribution is -2.31. The topological polar surface area (TPSA) is 27.6 Å². The van der Waals surface area contributed by atoms with Crippen molar-refractivity contribution in [1.82, 2.24) is 10.2 Å². The fourth-order valence-corrected chi connectivity index (χ4v) is 2.47. The van der Waals surface area contributed by atoms with Gasteiger partial charge in [-0.25, -0.2) is 0 Å². The average Bonchev–Trinajstić information content (AvgIpc) is 2.19. The molecule has 1 aliphatic rings. The van der Waals surface area contributed by atoms with Crippen LogP contribution in [0.4, 0.5) is 0 Å². The molecule has 0 spiro atoms. The van der Waals surface area contributed by atoms with Crippen LogP contribution in [-0.2, 0) is 0 Å². The van der Waals surface area contributed by atoms with Gasteiger partial charge < -0.3 is 10.2 Å². The maximum absolute atomic E-state index is 4.57. The van der Waals surface area contributed by atoms with Crippen LogP contribution in [0.2, 0.25) is 0 Å². The molecule has 0 bridgehead atoms. The first-order valence-corrected chi connectivity index (χ1v) is 7.04. The van der Waals surface area contributed by atoms with Gasteiger partial charge in [0.1, 0.15) is 0 Å². The molecule has 3 nitrogen and oxygen atoms in total. The number of unbranched alkanes of at least 4 members (excludes halogenated alkanes) is 1. The molecule has 0 amide bonds. The van der Waals surface area contributed by atoms with Crippen LogP contribution in [0.5, 0.6) is 0 Å². The highest BCUT2D eigenvalue weighted by Gasteiger charge is 2.22. The van der Waals surface area contributed by atoms with Crippen molar-refractivity contribution >= 4 is 16.9 Å². The highest BCUT2D eigenvalue weighted by molar-refractivity contribution is 8.13. The molecule has 4 heteroatoms. The summed E-state index contributed by atoms with van der Waals surface area (Å²) in [5, 5.41) is 4.57. The Hall–Kier alpha value is -0.220. The third-order valence-electron chi connectivity index (χ3n) is 2.56. The van der Waals surface area contributed by atoms with Crippen LogP contribution < -0.4 is 5.32 Å². The van der Waals surface area contributed by atoms with Crippen molar-refractivity contribution < 1.29 is 0 Å². The fraction of sp³-hybridized carbons (Fsp3) is 0.917. The number of nitrogens with zero attached hydrogens (tertiary/aromatic N) is 2. The molecule has 0 radical (unpaired) electrons. The standard InChI is InChI=1S/C12H25N3S/c1-12(2)9-14-11(16-10-12)13-7-5-6-8-15(3)4/h5-10H2,1-4H3,(H,13,14). The van der Waals surface area contributed by atoms with E-state index in [9.17, 15) is 0 Å². The van der Waals surface area contributed by atoms with E-state index in [-0.39, 0.29) is 0 Å². The van der Waals surface area contributed by atoms with Crippen LogP contribution in [0, 0.1) is 5.41 Å². The third-order valence-corrected chi connectivity index (χ3v) is 4.03. The zero-order valence-corrected chi connectivity index (χ0v) is 11.9. The molecule has 1 rings (SSSR count). The predicted octanol–water partition coefficient (Wildman–Crippen LogP) is 2.05. The SMILES string of the molecule is CN(C)CCCCNC1=NCC(C)(C)CS1. The van der Waals surface area contributed by atoms with Gasteiger partial charge in [0, 0.05) is 18.8 Å². The average molecular weight is 243 g/mol. The van der Waals surface area contributed by atoms with Crippen LogP contribution in [0.25, 0.3) is 0 Å². The number of thioether (sulfide) groups is 1. The van der Waals surface area contributed by atoms with Gasteiger partial charge in [-0.1, -0.05) is 25.6 Å². The lowest BCUT2D eigenvalue weighted by molar-refractivity contribution is 0.394. The van der Waals surface area contributed by atoms with Crippen LogP contribution in [0.15, 0.2) is 4.99 Å². The van der Waals surface area contributed by atoms with Crippen molar-refractivity contribution in [2.75, 3.05) is 39.5 Å². The molecule has 0 aromatic carbocycles. The summed E-state index contributed by atoms with van der Waals surface area (Å²) in [6.07, 6.45) is 2.48. The molecular weight excluding hydrogens is 218 g/mol. The Bertz CT molecular complexity index is 236. The molecule has 0 fully saturated rings. The number of hydrogen-bond acceptors (Lipinski definition) is 4. The summed E-state index contributed by atoms with van der Waals surface area (Å²) in [6.45, 7) is 7.74. The number of hydrogen-bond donors (Lipinski definition) is 1. The molecule has 94 valence electrons. The molecule has 0 saturated heterocycles. The summed E-state index contributed by atoms with van der Waals surface area (Å²) in [6, 6.07) is 0. The Kier molecular flexibility index (Phi) is 5.62. The Morgan fingerprint density at radius 3 is 2.69 bits per heavy atom. The second-order valence-electron chi connectivity index (χ2n) is 5.51. The van der Waals surface area contributed by atoms with Crippen molar-refractivity contribution in [1.29, 1.82) is 0 Å². The van der Waals surface area contributed by atoms with Gasteiger partial charge in [-0.15, -0.1) is 0 Å². The lowest BCUT2D eigenvalue weighted by Gasteiger charge is -2.27. The minimum Gasteiger partial charge on any atom is -0.365 e. The molecule has 1 aliphatic heterocycles. The van der Waals surface area contributed by atoms with Gasteiger partial charge in [0.15, 0.2) is 5.17 Å². The highest BCUT2D eigenvalue weighted by Crippen LogP contribution is 2.26. The molecule has 16 heavy (non-hydrogen) atoms. The second kappa shape index (κ2) is 6.50. The Balaban J connectivity index is 2.08. The van der Waals surface area contributed by atoms with Crippen LogP contribution in [0.1, 0.15) is 26.7 Å². The van der Waals surface area contributed by atoms with Gasteiger partial charge in [-0.05, 0) is 38.9 Å². The molecule has 0 saturated carbocycles. The summed E-state index contributed by atoms with van der Waals surface area (Å²) in [5.41, 5.74) is 0.376. The van der Waals surface area contributed by atoms with Crippen molar-refractivity contribution in [2.24, 2.45) is 10.4 Å². The zero-order valence-electron chi connectivity index (χ0n) is 11.0. The largest absolute Gasteiger partial charge is 0.365 e. The Morgan fingerprint density at radius 1 is 1.38 bits per heavy atom. The summed E-state index contributed by atoms with van der Waals surface area (Å²) in [7, 11) is 4.24. The van der Waals surface area contributed by atoms with E-state index in [1.165, 1.54) is 25.1 Å². The minimum atomic E-state index is 0.376. The van der Waals surface area contributed by atoms with Crippen molar-refractivity contribution in [3.63, 3.8) is 0 Å². The lowest BCUT2D eigenvalue weighted by atomic mass is 9.97. The molecule has 0 aromatic rings. The third kappa shape index (κ3) is 5.75. The Labute approximate surface area is 104 Å². The van der Waals surface area contributed by atoms with Gasteiger partial charge in [-0.3, -0.25) is 4.99 Å². The van der Waals surface area contributed by atoms with Gasteiger partial charge in [0.2, 0.25) is 0 Å². The normalized spacial score (nSPS) is 19.7. The number of nitrogens with one attached hydrogen (secondary N) is 1. The first kappa shape index (κ1) is 13.8. The van der Waals surface area contributed by atoms with E-state index in [1.54, 1.807) is 0 Å². The molecule has 0 atom stereocenters. The van der Waals surface area contributed by atoms with Crippen LogP contribution >= 0.6 is 11.8 Å². The van der Waals surface area contributed by atoms with Crippen molar-refractivity contribution in [3.8, 4) is 0 Å². The number of amidine groups is 1. The van der Waals surface area contributed by atoms with Crippen molar-refractivity contribution in [2.45, 2.75) is 26.7 Å². The maximum Gasteiger partial charge on any atom is 0.156 e. The smallest absolute Gasteiger partial charge is 0.156 e. The maximum atomic E-state index is 4.57. The van der Waals surface area contributed by atoms with E-state index in [4.69, 9.17) is 0 Å². The van der Waals surface area contributed by atoms with Crippen molar-refractivity contribution in [3.05, 3.63) is 0 Å². The first-order chi connectivity index (χ1) is 7.49. The van der Waals surface area contributed by atoms with E-state index in [1.807, 2.05) is 11.8 Å². The number of aliphatic imine (C=N–C) groups is 1. The molecular formula is C12H25N3S. The molecule has 0 unspecified atom stereocenters. The van der Waals surface area contributed by atoms with Gasteiger partial charge in [0.25, 0.3) is 0 Å². The van der Waals surface area contributed by atoms with Crippen LogP contribution in [-0.4, -0.2) is 49.6 Å². The fourth-order valence-electron chi connectivity index (χ4n) is 1.50. The zero-order chi connectivity index (χ0) is 12.0. The summed E-state index contributed by atoms with van der Waals surface area (Å²) < 4.78 is 0. The second-order valence-corrected chi connectivity index (χ2v) is 6.48. The monoisotopic (exact) mass is 243 g/mol. The predicted molar refractivity (Wildman–Crippen MR) is 74.3 cm³/mol. The van der Waals surface area contributed by atoms with Gasteiger partial charge >= 0.3 is 0 Å². The quantitative estimate of drug-likeness (QED) is 0.749. The van der Waals surface area contributed by atoms with E-state index in [2.05, 4.69) is 43.2 Å². The van der Waals surface area contributed by atoms with Gasteiger partial charge in [0.05, 0.1) is 0 Å². The van der Waals surface area contributed by atoms with Crippen LogP contribution in [0.3, 0.4) is 0 Å². The molecule has 0 aliphatic carbocycles. The van der Waals surface area contributed by atoms with E-state index >= 15 is 0 Å². The highest BCUT2D eigenvalue weighted by atomic mass is 32.2. The summed E-state index contributed by atoms with van der Waals surface area (Å²) in [4.78, 5) is 6.80. The Morgan fingerprint density at radius 2 is 2.12 bits per heavy atom. The van der Waals surface area contributed by atoms with E-state index in [0.717, 1.165) is 18.3 Å². The minimum absolute atomic E-state index is 0.376.